The maximum Gasteiger partial charge on any atom is 0.229 e. The van der Waals surface area contributed by atoms with Crippen molar-refractivity contribution < 1.29 is 17.6 Å². The number of aryl methyl sites for hydroxylation is 1. The molecule has 6 nitrogen and oxygen atoms in total. The summed E-state index contributed by atoms with van der Waals surface area (Å²) >= 11 is 0. The Morgan fingerprint density at radius 3 is 2.88 bits per heavy atom. The number of anilines is 1. The first-order valence-electron chi connectivity index (χ1n) is 7.63. The number of sulfone groups is 1. The van der Waals surface area contributed by atoms with Crippen LogP contribution in [0.5, 0.6) is 0 Å². The topological polar surface area (TPSA) is 81.1 Å². The molecular weight excluding hydrogens is 333 g/mol. The molecule has 1 unspecified atom stereocenters. The van der Waals surface area contributed by atoms with Crippen molar-refractivity contribution in [1.82, 2.24) is 9.78 Å². The van der Waals surface area contributed by atoms with Gasteiger partial charge in [-0.05, 0) is 31.0 Å². The number of amides is 1. The molecule has 3 rings (SSSR count). The second-order valence-electron chi connectivity index (χ2n) is 6.03. The zero-order valence-corrected chi connectivity index (χ0v) is 14.0. The van der Waals surface area contributed by atoms with Crippen molar-refractivity contribution in [3.05, 3.63) is 47.4 Å². The number of nitrogens with one attached hydrogen (secondary N) is 1. The number of carbonyl (C=O) groups excluding carboxylic acids is 1. The predicted octanol–water partition coefficient (Wildman–Crippen LogP) is 1.87. The van der Waals surface area contributed by atoms with Gasteiger partial charge in [0, 0.05) is 6.07 Å². The lowest BCUT2D eigenvalue weighted by Gasteiger charge is -2.13. The minimum absolute atomic E-state index is 0.0287. The molecule has 128 valence electrons. The van der Waals surface area contributed by atoms with Gasteiger partial charge in [-0.25, -0.2) is 17.5 Å². The Kier molecular flexibility index (Phi) is 4.40. The number of nitrogens with zero attached hydrogens (tertiary/aromatic N) is 2. The van der Waals surface area contributed by atoms with Crippen molar-refractivity contribution in [2.45, 2.75) is 25.8 Å². The molecule has 1 aromatic heterocycles. The fraction of sp³-hybridized carbons (Fsp3) is 0.375. The quantitative estimate of drug-likeness (QED) is 0.912. The molecule has 24 heavy (non-hydrogen) atoms. The molecule has 0 radical (unpaired) electrons. The third-order valence-electron chi connectivity index (χ3n) is 3.93. The third-order valence-corrected chi connectivity index (χ3v) is 5.68. The minimum Gasteiger partial charge on any atom is -0.311 e. The number of halogens is 1. The van der Waals surface area contributed by atoms with E-state index < -0.39 is 15.7 Å². The molecule has 2 heterocycles. The van der Waals surface area contributed by atoms with Crippen LogP contribution in [0.2, 0.25) is 0 Å². The van der Waals surface area contributed by atoms with E-state index in [4.69, 9.17) is 0 Å². The summed E-state index contributed by atoms with van der Waals surface area (Å²) in [6.07, 6.45) is 0.515. The van der Waals surface area contributed by atoms with Gasteiger partial charge in [-0.2, -0.15) is 5.10 Å². The smallest absolute Gasteiger partial charge is 0.229 e. The Morgan fingerprint density at radius 1 is 1.42 bits per heavy atom. The van der Waals surface area contributed by atoms with E-state index >= 15 is 0 Å². The SMILES string of the molecule is Cc1cc(NC(=O)Cc2cccc(F)c2)n(C2CCS(=O)(=O)C2)n1. The Bertz CT molecular complexity index is 876. The highest BCUT2D eigenvalue weighted by molar-refractivity contribution is 7.91. The van der Waals surface area contributed by atoms with E-state index in [-0.39, 0.29) is 29.9 Å². The average Bonchev–Trinajstić information content (AvgIpc) is 3.01. The summed E-state index contributed by atoms with van der Waals surface area (Å²) in [6.45, 7) is 1.78. The van der Waals surface area contributed by atoms with Crippen LogP contribution in [-0.4, -0.2) is 35.6 Å². The standard InChI is InChI=1S/C16H18FN3O3S/c1-11-7-15(20(19-11)14-5-6-24(22,23)10-14)18-16(21)9-12-3-2-4-13(17)8-12/h2-4,7-8,14H,5-6,9-10H2,1H3,(H,18,21). The minimum atomic E-state index is -3.05. The van der Waals surface area contributed by atoms with Crippen molar-refractivity contribution >= 4 is 21.6 Å². The van der Waals surface area contributed by atoms with Gasteiger partial charge >= 0.3 is 0 Å². The van der Waals surface area contributed by atoms with Gasteiger partial charge in [-0.1, -0.05) is 12.1 Å². The highest BCUT2D eigenvalue weighted by atomic mass is 32.2. The lowest BCUT2D eigenvalue weighted by atomic mass is 10.1. The van der Waals surface area contributed by atoms with E-state index in [2.05, 4.69) is 10.4 Å². The third kappa shape index (κ3) is 3.81. The summed E-state index contributed by atoms with van der Waals surface area (Å²) < 4.78 is 38.1. The number of benzene rings is 1. The summed E-state index contributed by atoms with van der Waals surface area (Å²) in [4.78, 5) is 12.2. The Morgan fingerprint density at radius 2 is 2.21 bits per heavy atom. The monoisotopic (exact) mass is 351 g/mol. The van der Waals surface area contributed by atoms with E-state index in [9.17, 15) is 17.6 Å². The maximum absolute atomic E-state index is 13.2. The molecule has 1 N–H and O–H groups in total. The van der Waals surface area contributed by atoms with E-state index in [1.807, 2.05) is 0 Å². The molecule has 1 amide bonds. The molecule has 1 fully saturated rings. The number of rotatable bonds is 4. The highest BCUT2D eigenvalue weighted by Crippen LogP contribution is 2.27. The van der Waals surface area contributed by atoms with Gasteiger partial charge in [0.1, 0.15) is 11.6 Å². The number of hydrogen-bond donors (Lipinski definition) is 1. The second kappa shape index (κ2) is 6.35. The lowest BCUT2D eigenvalue weighted by molar-refractivity contribution is -0.115. The first kappa shape index (κ1) is 16.6. The predicted molar refractivity (Wildman–Crippen MR) is 88.0 cm³/mol. The number of hydrogen-bond acceptors (Lipinski definition) is 4. The van der Waals surface area contributed by atoms with Crippen LogP contribution >= 0.6 is 0 Å². The van der Waals surface area contributed by atoms with Crippen LogP contribution in [0.3, 0.4) is 0 Å². The summed E-state index contributed by atoms with van der Waals surface area (Å²) in [6, 6.07) is 7.29. The van der Waals surface area contributed by atoms with E-state index in [1.165, 1.54) is 12.1 Å². The fourth-order valence-corrected chi connectivity index (χ4v) is 4.57. The molecule has 8 heteroatoms. The molecule has 1 aromatic carbocycles. The highest BCUT2D eigenvalue weighted by Gasteiger charge is 2.31. The van der Waals surface area contributed by atoms with Gasteiger partial charge < -0.3 is 5.32 Å². The maximum atomic E-state index is 13.2. The molecular formula is C16H18FN3O3S. The molecule has 1 atom stereocenters. The molecule has 2 aromatic rings. The van der Waals surface area contributed by atoms with Gasteiger partial charge in [0.2, 0.25) is 5.91 Å². The van der Waals surface area contributed by atoms with E-state index in [0.29, 0.717) is 23.5 Å². The van der Waals surface area contributed by atoms with Crippen molar-refractivity contribution in [3.8, 4) is 0 Å². The van der Waals surface area contributed by atoms with Crippen LogP contribution in [0.1, 0.15) is 23.7 Å². The van der Waals surface area contributed by atoms with Gasteiger partial charge in [0.05, 0.1) is 29.7 Å². The average molecular weight is 351 g/mol. The Labute approximate surface area is 139 Å². The summed E-state index contributed by atoms with van der Waals surface area (Å²) in [5, 5.41) is 7.06. The summed E-state index contributed by atoms with van der Waals surface area (Å²) in [5.41, 5.74) is 1.26. The fourth-order valence-electron chi connectivity index (χ4n) is 2.88. The van der Waals surface area contributed by atoms with Crippen molar-refractivity contribution in [3.63, 3.8) is 0 Å². The Hall–Kier alpha value is -2.22. The van der Waals surface area contributed by atoms with Crippen LogP contribution in [0, 0.1) is 12.7 Å². The van der Waals surface area contributed by atoms with E-state index in [1.54, 1.807) is 29.8 Å². The second-order valence-corrected chi connectivity index (χ2v) is 8.26. The zero-order chi connectivity index (χ0) is 17.3. The number of aromatic nitrogens is 2. The van der Waals surface area contributed by atoms with Crippen LogP contribution in [-0.2, 0) is 21.1 Å². The summed E-state index contributed by atoms with van der Waals surface area (Å²) in [5.74, 6) is -0.0651. The molecule has 1 saturated heterocycles. The molecule has 1 aliphatic heterocycles. The lowest BCUT2D eigenvalue weighted by Crippen LogP contribution is -2.20. The van der Waals surface area contributed by atoms with E-state index in [0.717, 1.165) is 0 Å². The van der Waals surface area contributed by atoms with Gasteiger partial charge in [-0.15, -0.1) is 0 Å². The molecule has 0 saturated carbocycles. The van der Waals surface area contributed by atoms with Crippen LogP contribution in [0.15, 0.2) is 30.3 Å². The van der Waals surface area contributed by atoms with Crippen LogP contribution in [0.25, 0.3) is 0 Å². The first-order valence-corrected chi connectivity index (χ1v) is 9.45. The van der Waals surface area contributed by atoms with Crippen molar-refractivity contribution in [1.29, 1.82) is 0 Å². The largest absolute Gasteiger partial charge is 0.311 e. The van der Waals surface area contributed by atoms with Gasteiger partial charge in [0.15, 0.2) is 9.84 Å². The Balaban J connectivity index is 1.74. The van der Waals surface area contributed by atoms with Gasteiger partial charge in [0.25, 0.3) is 0 Å². The van der Waals surface area contributed by atoms with Crippen molar-refractivity contribution in [2.75, 3.05) is 16.8 Å². The van der Waals surface area contributed by atoms with Crippen LogP contribution < -0.4 is 5.32 Å². The van der Waals surface area contributed by atoms with Crippen molar-refractivity contribution in [2.24, 2.45) is 0 Å². The van der Waals surface area contributed by atoms with Gasteiger partial charge in [-0.3, -0.25) is 4.79 Å². The van der Waals surface area contributed by atoms with Crippen LogP contribution in [0.4, 0.5) is 10.2 Å². The molecule has 1 aliphatic rings. The first-order chi connectivity index (χ1) is 11.3. The zero-order valence-electron chi connectivity index (χ0n) is 13.2. The normalized spacial score (nSPS) is 19.3. The summed E-state index contributed by atoms with van der Waals surface area (Å²) in [7, 11) is -3.05. The molecule has 0 bridgehead atoms. The molecule has 0 spiro atoms. The molecule has 0 aliphatic carbocycles. The number of carbonyl (C=O) groups is 1.